The molecule has 0 spiro atoms. The number of ether oxygens (including phenoxy) is 2. The van der Waals surface area contributed by atoms with Gasteiger partial charge in [0.1, 0.15) is 11.6 Å². The molecule has 2 aromatic rings. The molecule has 6 heteroatoms. The lowest BCUT2D eigenvalue weighted by Gasteiger charge is -2.28. The Morgan fingerprint density at radius 1 is 1.12 bits per heavy atom. The number of hydrogen-bond donors (Lipinski definition) is 3. The van der Waals surface area contributed by atoms with Crippen molar-refractivity contribution in [3.8, 4) is 23.3 Å². The molecular weight excluding hydrogens is 330 g/mol. The number of allylic oxidation sites excluding steroid dienone is 1. The van der Waals surface area contributed by atoms with Gasteiger partial charge >= 0.3 is 0 Å². The first kappa shape index (κ1) is 17.5. The third kappa shape index (κ3) is 3.11. The summed E-state index contributed by atoms with van der Waals surface area (Å²) in [5, 5.41) is 22.6. The predicted molar refractivity (Wildman–Crippen MR) is 99.2 cm³/mol. The van der Waals surface area contributed by atoms with E-state index in [-0.39, 0.29) is 5.75 Å². The van der Waals surface area contributed by atoms with Gasteiger partial charge < -0.3 is 25.6 Å². The van der Waals surface area contributed by atoms with Gasteiger partial charge in [0.15, 0.2) is 11.5 Å². The highest BCUT2D eigenvalue weighted by molar-refractivity contribution is 5.69. The quantitative estimate of drug-likeness (QED) is 0.714. The first-order chi connectivity index (χ1) is 12.6. The number of phenolic OH excluding ortho intramolecular Hbond substituents is 1. The van der Waals surface area contributed by atoms with Crippen LogP contribution < -0.4 is 20.5 Å². The molecule has 0 aliphatic carbocycles. The van der Waals surface area contributed by atoms with Gasteiger partial charge in [0, 0.05) is 11.6 Å². The normalized spacial score (nSPS) is 15.7. The predicted octanol–water partition coefficient (Wildman–Crippen LogP) is 3.44. The molecule has 134 valence electrons. The fourth-order valence-electron chi connectivity index (χ4n) is 3.14. The monoisotopic (exact) mass is 351 g/mol. The van der Waals surface area contributed by atoms with E-state index in [0.29, 0.717) is 36.1 Å². The average Bonchev–Trinajstić information content (AvgIpc) is 2.63. The Morgan fingerprint density at radius 3 is 2.54 bits per heavy atom. The number of nitriles is 1. The van der Waals surface area contributed by atoms with E-state index in [9.17, 15) is 10.4 Å². The maximum Gasteiger partial charge on any atom is 0.161 e. The van der Waals surface area contributed by atoms with Gasteiger partial charge in [-0.2, -0.15) is 5.26 Å². The van der Waals surface area contributed by atoms with Gasteiger partial charge in [0.2, 0.25) is 0 Å². The molecule has 3 rings (SSSR count). The molecule has 1 aliphatic heterocycles. The summed E-state index contributed by atoms with van der Waals surface area (Å²) in [7, 11) is 0. The maximum absolute atomic E-state index is 9.93. The minimum Gasteiger partial charge on any atom is -0.508 e. The Labute approximate surface area is 152 Å². The van der Waals surface area contributed by atoms with Crippen LogP contribution in [-0.4, -0.2) is 18.3 Å². The van der Waals surface area contributed by atoms with E-state index >= 15 is 0 Å². The fourth-order valence-corrected chi connectivity index (χ4v) is 3.14. The number of aromatic hydroxyl groups is 1. The summed E-state index contributed by atoms with van der Waals surface area (Å²) in [6.45, 7) is 4.83. The average molecular weight is 351 g/mol. The van der Waals surface area contributed by atoms with Gasteiger partial charge in [-0.05, 0) is 55.3 Å². The molecule has 0 radical (unpaired) electrons. The largest absolute Gasteiger partial charge is 0.508 e. The van der Waals surface area contributed by atoms with E-state index in [1.165, 1.54) is 0 Å². The van der Waals surface area contributed by atoms with Crippen molar-refractivity contribution in [2.45, 2.75) is 19.8 Å². The molecule has 6 nitrogen and oxygen atoms in total. The van der Waals surface area contributed by atoms with Gasteiger partial charge in [0.05, 0.1) is 24.9 Å². The van der Waals surface area contributed by atoms with Crippen LogP contribution >= 0.6 is 0 Å². The van der Waals surface area contributed by atoms with E-state index < -0.39 is 5.92 Å². The summed E-state index contributed by atoms with van der Waals surface area (Å²) < 4.78 is 11.3. The molecule has 4 N–H and O–H groups in total. The van der Waals surface area contributed by atoms with Crippen LogP contribution in [0.1, 0.15) is 30.9 Å². The van der Waals surface area contributed by atoms with E-state index in [1.54, 1.807) is 18.2 Å². The molecule has 1 heterocycles. The molecule has 0 fully saturated rings. The first-order valence-corrected chi connectivity index (χ1v) is 8.48. The molecule has 26 heavy (non-hydrogen) atoms. The number of anilines is 1. The molecule has 1 atom stereocenters. The number of phenols is 1. The standard InChI is InChI=1S/C20H21N3O3/c1-3-25-17-8-5-12(9-18(17)26-4-2)19-14-10-13(24)6-7-16(14)23-20(22)15(19)11-21/h5-10,19,23-24H,3-4,22H2,1-2H3. The van der Waals surface area contributed by atoms with Crippen LogP contribution in [0.4, 0.5) is 5.69 Å². The molecule has 2 aromatic carbocycles. The highest BCUT2D eigenvalue weighted by atomic mass is 16.5. The van der Waals surface area contributed by atoms with Crippen molar-refractivity contribution in [1.29, 1.82) is 5.26 Å². The lowest BCUT2D eigenvalue weighted by atomic mass is 9.82. The molecule has 0 bridgehead atoms. The zero-order valence-electron chi connectivity index (χ0n) is 14.7. The Hall–Kier alpha value is -3.33. The number of nitrogens with one attached hydrogen (secondary N) is 1. The molecule has 0 saturated heterocycles. The fraction of sp³-hybridized carbons (Fsp3) is 0.250. The Balaban J connectivity index is 2.16. The third-order valence-electron chi connectivity index (χ3n) is 4.22. The van der Waals surface area contributed by atoms with Gasteiger partial charge in [-0.25, -0.2) is 0 Å². The summed E-state index contributed by atoms with van der Waals surface area (Å²) in [6.07, 6.45) is 0. The van der Waals surface area contributed by atoms with E-state index in [2.05, 4.69) is 11.4 Å². The lowest BCUT2D eigenvalue weighted by molar-refractivity contribution is 0.287. The smallest absolute Gasteiger partial charge is 0.161 e. The van der Waals surface area contributed by atoms with Crippen LogP contribution in [0.5, 0.6) is 17.2 Å². The van der Waals surface area contributed by atoms with Crippen molar-refractivity contribution in [2.75, 3.05) is 18.5 Å². The lowest BCUT2D eigenvalue weighted by Crippen LogP contribution is -2.23. The number of nitrogens with zero attached hydrogens (tertiary/aromatic N) is 1. The second kappa shape index (κ2) is 7.28. The highest BCUT2D eigenvalue weighted by Gasteiger charge is 2.30. The van der Waals surface area contributed by atoms with Crippen LogP contribution in [0.2, 0.25) is 0 Å². The van der Waals surface area contributed by atoms with Crippen molar-refractivity contribution in [3.63, 3.8) is 0 Å². The van der Waals surface area contributed by atoms with Gasteiger partial charge in [-0.3, -0.25) is 0 Å². The van der Waals surface area contributed by atoms with Crippen molar-refractivity contribution in [2.24, 2.45) is 5.73 Å². The van der Waals surface area contributed by atoms with Crippen LogP contribution in [-0.2, 0) is 0 Å². The zero-order chi connectivity index (χ0) is 18.7. The van der Waals surface area contributed by atoms with Gasteiger partial charge in [-0.15, -0.1) is 0 Å². The molecule has 1 aliphatic rings. The number of benzene rings is 2. The topological polar surface area (TPSA) is 101 Å². The minimum atomic E-state index is -0.404. The summed E-state index contributed by atoms with van der Waals surface area (Å²) in [4.78, 5) is 0. The Morgan fingerprint density at radius 2 is 1.85 bits per heavy atom. The van der Waals surface area contributed by atoms with E-state index in [4.69, 9.17) is 15.2 Å². The second-order valence-electron chi connectivity index (χ2n) is 5.84. The van der Waals surface area contributed by atoms with Crippen LogP contribution in [0.25, 0.3) is 0 Å². The van der Waals surface area contributed by atoms with Crippen molar-refractivity contribution < 1.29 is 14.6 Å². The molecule has 0 amide bonds. The van der Waals surface area contributed by atoms with Gasteiger partial charge in [0.25, 0.3) is 0 Å². The van der Waals surface area contributed by atoms with Crippen molar-refractivity contribution >= 4 is 5.69 Å². The second-order valence-corrected chi connectivity index (χ2v) is 5.84. The van der Waals surface area contributed by atoms with Crippen molar-refractivity contribution in [1.82, 2.24) is 0 Å². The Bertz CT molecular complexity index is 900. The number of nitrogens with two attached hydrogens (primary N) is 1. The Kier molecular flexibility index (Phi) is 4.90. The molecule has 1 unspecified atom stereocenters. The van der Waals surface area contributed by atoms with E-state index in [0.717, 1.165) is 16.8 Å². The molecule has 0 aromatic heterocycles. The summed E-state index contributed by atoms with van der Waals surface area (Å²) in [5.74, 6) is 1.30. The van der Waals surface area contributed by atoms with Crippen LogP contribution in [0.15, 0.2) is 47.8 Å². The van der Waals surface area contributed by atoms with Crippen molar-refractivity contribution in [3.05, 3.63) is 58.9 Å². The first-order valence-electron chi connectivity index (χ1n) is 8.48. The number of hydrogen-bond acceptors (Lipinski definition) is 6. The van der Waals surface area contributed by atoms with Crippen LogP contribution in [0, 0.1) is 11.3 Å². The highest BCUT2D eigenvalue weighted by Crippen LogP contribution is 2.43. The summed E-state index contributed by atoms with van der Waals surface area (Å²) in [6, 6.07) is 12.8. The molecule has 0 saturated carbocycles. The molecular formula is C20H21N3O3. The third-order valence-corrected chi connectivity index (χ3v) is 4.22. The van der Waals surface area contributed by atoms with Gasteiger partial charge in [-0.1, -0.05) is 6.07 Å². The maximum atomic E-state index is 9.93. The zero-order valence-corrected chi connectivity index (χ0v) is 14.7. The van der Waals surface area contributed by atoms with Crippen LogP contribution in [0.3, 0.4) is 0 Å². The number of fused-ring (bicyclic) bond motifs is 1. The minimum absolute atomic E-state index is 0.129. The van der Waals surface area contributed by atoms with E-state index in [1.807, 2.05) is 32.0 Å². The summed E-state index contributed by atoms with van der Waals surface area (Å²) >= 11 is 0. The number of rotatable bonds is 5. The SMILES string of the molecule is CCOc1ccc(C2C(C#N)=C(N)Nc3ccc(O)cc32)cc1OCC. The summed E-state index contributed by atoms with van der Waals surface area (Å²) in [5.41, 5.74) is 8.85.